The fourth-order valence-electron chi connectivity index (χ4n) is 1.91. The van der Waals surface area contributed by atoms with E-state index in [9.17, 15) is 30.8 Å². The van der Waals surface area contributed by atoms with Crippen LogP contribution in [0, 0.1) is 0 Å². The number of alkyl halides is 4. The molecule has 0 radical (unpaired) electrons. The van der Waals surface area contributed by atoms with Crippen LogP contribution in [-0.2, 0) is 24.4 Å². The number of hydrogen-bond acceptors (Lipinski definition) is 5. The SMILES string of the molecule is C=C(C)C(=O)OC1CCCC(CC(F)(F)C(F)(F)S(=O)(=O)O)O1. The molecule has 1 rings (SSSR count). The van der Waals surface area contributed by atoms with Crippen LogP contribution < -0.4 is 0 Å². The Morgan fingerprint density at radius 3 is 2.39 bits per heavy atom. The number of esters is 1. The molecule has 0 aliphatic carbocycles. The maximum atomic E-state index is 13.5. The van der Waals surface area contributed by atoms with Crippen LogP contribution in [0.5, 0.6) is 0 Å². The highest BCUT2D eigenvalue weighted by molar-refractivity contribution is 7.87. The van der Waals surface area contributed by atoms with Crippen LogP contribution in [0.15, 0.2) is 12.2 Å². The van der Waals surface area contributed by atoms with Gasteiger partial charge in [-0.15, -0.1) is 0 Å². The average molecular weight is 364 g/mol. The van der Waals surface area contributed by atoms with Crippen LogP contribution in [-0.4, -0.2) is 42.5 Å². The van der Waals surface area contributed by atoms with Crippen LogP contribution in [0.3, 0.4) is 0 Å². The Kier molecular flexibility index (Phi) is 5.81. The van der Waals surface area contributed by atoms with Gasteiger partial charge in [-0.1, -0.05) is 6.58 Å². The summed E-state index contributed by atoms with van der Waals surface area (Å²) in [5.74, 6) is -5.88. The Hall–Kier alpha value is -1.20. The molecule has 11 heteroatoms. The standard InChI is InChI=1S/C12H16F4O6S/c1-7(2)10(17)22-9-5-3-4-8(21-9)6-11(13,14)12(15,16)23(18,19)20/h8-9H,1,3-6H2,2H3,(H,18,19,20). The lowest BCUT2D eigenvalue weighted by atomic mass is 10.0. The number of carbonyl (C=O) groups excluding carboxylic acids is 1. The summed E-state index contributed by atoms with van der Waals surface area (Å²) in [5, 5.41) is -5.65. The predicted octanol–water partition coefficient (Wildman–Crippen LogP) is 2.51. The second kappa shape index (κ2) is 6.73. The summed E-state index contributed by atoms with van der Waals surface area (Å²) >= 11 is 0. The van der Waals surface area contributed by atoms with Crippen molar-refractivity contribution in [3.05, 3.63) is 12.2 Å². The highest BCUT2D eigenvalue weighted by Gasteiger charge is 2.66. The summed E-state index contributed by atoms with van der Waals surface area (Å²) in [5.41, 5.74) is 0.0407. The average Bonchev–Trinajstić information content (AvgIpc) is 2.36. The third-order valence-electron chi connectivity index (χ3n) is 3.13. The lowest BCUT2D eigenvalue weighted by Crippen LogP contribution is -2.49. The molecule has 1 aliphatic rings. The molecule has 0 saturated carbocycles. The molecule has 0 amide bonds. The van der Waals surface area contributed by atoms with Crippen molar-refractivity contribution in [2.45, 2.75) is 56.2 Å². The Labute approximate surface area is 130 Å². The van der Waals surface area contributed by atoms with Crippen molar-refractivity contribution in [1.29, 1.82) is 0 Å². The van der Waals surface area contributed by atoms with Crippen LogP contribution >= 0.6 is 0 Å². The van der Waals surface area contributed by atoms with Crippen molar-refractivity contribution in [3.8, 4) is 0 Å². The second-order valence-electron chi connectivity index (χ2n) is 5.20. The van der Waals surface area contributed by atoms with Crippen molar-refractivity contribution in [2.24, 2.45) is 0 Å². The Morgan fingerprint density at radius 1 is 1.35 bits per heavy atom. The molecule has 6 nitrogen and oxygen atoms in total. The fraction of sp³-hybridized carbons (Fsp3) is 0.750. The Balaban J connectivity index is 2.77. The number of halogens is 4. The molecule has 1 heterocycles. The zero-order valence-electron chi connectivity index (χ0n) is 12.1. The molecule has 0 aromatic carbocycles. The van der Waals surface area contributed by atoms with Crippen molar-refractivity contribution >= 4 is 16.1 Å². The Bertz CT molecular complexity index is 574. The van der Waals surface area contributed by atoms with E-state index in [1.54, 1.807) is 0 Å². The summed E-state index contributed by atoms with van der Waals surface area (Å²) in [6.07, 6.45) is -3.97. The van der Waals surface area contributed by atoms with Crippen molar-refractivity contribution in [2.75, 3.05) is 0 Å². The maximum Gasteiger partial charge on any atom is 0.431 e. The lowest BCUT2D eigenvalue weighted by Gasteiger charge is -2.33. The van der Waals surface area contributed by atoms with Crippen LogP contribution in [0.4, 0.5) is 17.6 Å². The molecule has 1 saturated heterocycles. The first-order valence-corrected chi connectivity index (χ1v) is 7.96. The number of carbonyl (C=O) groups is 1. The van der Waals surface area contributed by atoms with Crippen molar-refractivity contribution in [3.63, 3.8) is 0 Å². The monoisotopic (exact) mass is 364 g/mol. The zero-order chi connectivity index (χ0) is 18.1. The van der Waals surface area contributed by atoms with Gasteiger partial charge in [0.15, 0.2) is 0 Å². The van der Waals surface area contributed by atoms with Crippen molar-refractivity contribution < 1.29 is 44.8 Å². The minimum absolute atomic E-state index is 0.0407. The lowest BCUT2D eigenvalue weighted by molar-refractivity contribution is -0.226. The van der Waals surface area contributed by atoms with Gasteiger partial charge >= 0.3 is 27.3 Å². The first-order valence-electron chi connectivity index (χ1n) is 6.52. The van der Waals surface area contributed by atoms with Gasteiger partial charge in [0.05, 0.1) is 6.10 Å². The Morgan fingerprint density at radius 2 is 1.91 bits per heavy atom. The van der Waals surface area contributed by atoms with Crippen molar-refractivity contribution in [1.82, 2.24) is 0 Å². The van der Waals surface area contributed by atoms with E-state index in [1.807, 2.05) is 0 Å². The van der Waals surface area contributed by atoms with Gasteiger partial charge in [0, 0.05) is 18.4 Å². The normalized spacial score (nSPS) is 23.4. The minimum atomic E-state index is -6.29. The smallest absolute Gasteiger partial charge is 0.431 e. The molecule has 134 valence electrons. The van der Waals surface area contributed by atoms with E-state index >= 15 is 0 Å². The summed E-state index contributed by atoms with van der Waals surface area (Å²) in [4.78, 5) is 11.3. The third-order valence-corrected chi connectivity index (χ3v) is 4.08. The third kappa shape index (κ3) is 4.64. The molecular weight excluding hydrogens is 348 g/mol. The zero-order valence-corrected chi connectivity index (χ0v) is 12.9. The molecule has 23 heavy (non-hydrogen) atoms. The van der Waals surface area contributed by atoms with E-state index < -0.39 is 46.1 Å². The highest BCUT2D eigenvalue weighted by atomic mass is 32.2. The van der Waals surface area contributed by atoms with Gasteiger partial charge < -0.3 is 9.47 Å². The molecular formula is C12H16F4O6S. The summed E-state index contributed by atoms with van der Waals surface area (Å²) < 4.78 is 92.2. The van der Waals surface area contributed by atoms with E-state index in [-0.39, 0.29) is 24.8 Å². The molecule has 1 N–H and O–H groups in total. The van der Waals surface area contributed by atoms with E-state index in [2.05, 4.69) is 6.58 Å². The van der Waals surface area contributed by atoms with Gasteiger partial charge in [0.2, 0.25) is 6.29 Å². The van der Waals surface area contributed by atoms with E-state index in [0.29, 0.717) is 0 Å². The largest absolute Gasteiger partial charge is 0.432 e. The van der Waals surface area contributed by atoms with Crippen LogP contribution in [0.25, 0.3) is 0 Å². The predicted molar refractivity (Wildman–Crippen MR) is 69.5 cm³/mol. The number of hydrogen-bond donors (Lipinski definition) is 1. The van der Waals surface area contributed by atoms with Gasteiger partial charge in [0.1, 0.15) is 0 Å². The van der Waals surface area contributed by atoms with Gasteiger partial charge in [-0.2, -0.15) is 26.0 Å². The number of rotatable bonds is 6. The first-order chi connectivity index (χ1) is 10.3. The molecule has 1 fully saturated rings. The first kappa shape index (κ1) is 19.8. The van der Waals surface area contributed by atoms with E-state index in [4.69, 9.17) is 14.0 Å². The molecule has 0 spiro atoms. The topological polar surface area (TPSA) is 89.9 Å². The molecule has 2 unspecified atom stereocenters. The van der Waals surface area contributed by atoms with E-state index in [1.165, 1.54) is 6.92 Å². The van der Waals surface area contributed by atoms with Gasteiger partial charge in [0.25, 0.3) is 0 Å². The molecule has 0 bridgehead atoms. The quantitative estimate of drug-likeness (QED) is 0.337. The second-order valence-corrected chi connectivity index (χ2v) is 6.67. The molecule has 0 aromatic rings. The van der Waals surface area contributed by atoms with Crippen LogP contribution in [0.1, 0.15) is 32.6 Å². The summed E-state index contributed by atoms with van der Waals surface area (Å²) in [6, 6.07) is 0. The van der Waals surface area contributed by atoms with Gasteiger partial charge in [-0.25, -0.2) is 4.79 Å². The fourth-order valence-corrected chi connectivity index (χ4v) is 2.37. The molecule has 1 aliphatic heterocycles. The molecule has 2 atom stereocenters. The van der Waals surface area contributed by atoms with Gasteiger partial charge in [-0.3, -0.25) is 4.55 Å². The van der Waals surface area contributed by atoms with Gasteiger partial charge in [-0.05, 0) is 19.8 Å². The summed E-state index contributed by atoms with van der Waals surface area (Å²) in [7, 11) is -6.29. The summed E-state index contributed by atoms with van der Waals surface area (Å²) in [6.45, 7) is 4.67. The highest BCUT2D eigenvalue weighted by Crippen LogP contribution is 2.43. The van der Waals surface area contributed by atoms with E-state index in [0.717, 1.165) is 0 Å². The number of ether oxygens (including phenoxy) is 2. The minimum Gasteiger partial charge on any atom is -0.432 e. The van der Waals surface area contributed by atoms with Crippen LogP contribution in [0.2, 0.25) is 0 Å². The molecule has 0 aromatic heterocycles. The maximum absolute atomic E-state index is 13.5.